The van der Waals surface area contributed by atoms with Gasteiger partial charge in [-0.25, -0.2) is 0 Å². The molecule has 0 bridgehead atoms. The van der Waals surface area contributed by atoms with Crippen LogP contribution in [0, 0.1) is 11.3 Å². The average Bonchev–Trinajstić information content (AvgIpc) is 2.23. The Balaban J connectivity index is 5.79. The standard InChI is InChI=1S/C12H18O6/c1-5-12(8(4)14,11(16)17)9(7(3)13)10(15)18-6-2/h9H,5-6H2,1-4H3,(H,16,17). The van der Waals surface area contributed by atoms with Crippen molar-refractivity contribution < 1.29 is 29.0 Å². The number of hydrogen-bond acceptors (Lipinski definition) is 5. The fraction of sp³-hybridized carbons (Fsp3) is 0.667. The van der Waals surface area contributed by atoms with Crippen molar-refractivity contribution in [2.75, 3.05) is 6.61 Å². The van der Waals surface area contributed by atoms with Crippen molar-refractivity contribution in [1.82, 2.24) is 0 Å². The molecule has 0 aromatic heterocycles. The first kappa shape index (κ1) is 16.3. The molecule has 0 spiro atoms. The van der Waals surface area contributed by atoms with Gasteiger partial charge in [0.1, 0.15) is 22.9 Å². The number of aliphatic carboxylic acids is 1. The van der Waals surface area contributed by atoms with Crippen LogP contribution in [0.1, 0.15) is 34.1 Å². The summed E-state index contributed by atoms with van der Waals surface area (Å²) >= 11 is 0. The summed E-state index contributed by atoms with van der Waals surface area (Å²) < 4.78 is 4.70. The van der Waals surface area contributed by atoms with E-state index >= 15 is 0 Å². The zero-order valence-corrected chi connectivity index (χ0v) is 11.0. The molecule has 102 valence electrons. The zero-order chi connectivity index (χ0) is 14.5. The first-order valence-electron chi connectivity index (χ1n) is 5.67. The van der Waals surface area contributed by atoms with Crippen LogP contribution in [-0.2, 0) is 23.9 Å². The second-order valence-corrected chi connectivity index (χ2v) is 3.98. The van der Waals surface area contributed by atoms with Crippen molar-refractivity contribution in [2.45, 2.75) is 34.1 Å². The van der Waals surface area contributed by atoms with Gasteiger partial charge in [-0.15, -0.1) is 0 Å². The second-order valence-electron chi connectivity index (χ2n) is 3.98. The highest BCUT2D eigenvalue weighted by Gasteiger charge is 2.55. The minimum absolute atomic E-state index is 0.0138. The van der Waals surface area contributed by atoms with E-state index in [0.717, 1.165) is 13.8 Å². The van der Waals surface area contributed by atoms with Gasteiger partial charge in [0, 0.05) is 0 Å². The van der Waals surface area contributed by atoms with Gasteiger partial charge < -0.3 is 9.84 Å². The van der Waals surface area contributed by atoms with E-state index in [9.17, 15) is 24.3 Å². The molecule has 2 atom stereocenters. The Labute approximate surface area is 105 Å². The van der Waals surface area contributed by atoms with Gasteiger partial charge in [0.2, 0.25) is 0 Å². The zero-order valence-electron chi connectivity index (χ0n) is 11.0. The van der Waals surface area contributed by atoms with E-state index in [0.29, 0.717) is 0 Å². The molecule has 1 N–H and O–H groups in total. The smallest absolute Gasteiger partial charge is 0.318 e. The molecule has 0 aliphatic rings. The Morgan fingerprint density at radius 2 is 1.67 bits per heavy atom. The molecule has 0 aromatic rings. The quantitative estimate of drug-likeness (QED) is 0.536. The fourth-order valence-corrected chi connectivity index (χ4v) is 2.02. The van der Waals surface area contributed by atoms with Gasteiger partial charge in [-0.2, -0.15) is 0 Å². The lowest BCUT2D eigenvalue weighted by Gasteiger charge is -2.30. The second kappa shape index (κ2) is 6.28. The summed E-state index contributed by atoms with van der Waals surface area (Å²) in [4.78, 5) is 46.3. The molecule has 0 saturated heterocycles. The maximum Gasteiger partial charge on any atom is 0.318 e. The number of ketones is 2. The molecule has 2 unspecified atom stereocenters. The van der Waals surface area contributed by atoms with E-state index in [4.69, 9.17) is 4.74 Å². The van der Waals surface area contributed by atoms with E-state index < -0.39 is 34.8 Å². The van der Waals surface area contributed by atoms with Gasteiger partial charge in [-0.1, -0.05) is 6.92 Å². The van der Waals surface area contributed by atoms with E-state index in [2.05, 4.69) is 0 Å². The Kier molecular flexibility index (Phi) is 5.68. The maximum atomic E-state index is 11.7. The summed E-state index contributed by atoms with van der Waals surface area (Å²) in [5, 5.41) is 9.25. The molecule has 0 heterocycles. The van der Waals surface area contributed by atoms with Crippen LogP contribution in [0.15, 0.2) is 0 Å². The minimum Gasteiger partial charge on any atom is -0.480 e. The first-order valence-corrected chi connectivity index (χ1v) is 5.67. The summed E-state index contributed by atoms with van der Waals surface area (Å²) in [6.07, 6.45) is -0.152. The van der Waals surface area contributed by atoms with Gasteiger partial charge >= 0.3 is 11.9 Å². The third-order valence-corrected chi connectivity index (χ3v) is 2.99. The number of ether oxygens (including phenoxy) is 1. The van der Waals surface area contributed by atoms with Gasteiger partial charge in [-0.3, -0.25) is 19.2 Å². The predicted octanol–water partition coefficient (Wildman–Crippen LogP) is 0.825. The molecule has 0 aliphatic heterocycles. The van der Waals surface area contributed by atoms with Crippen LogP contribution in [0.4, 0.5) is 0 Å². The number of carboxylic acids is 1. The topological polar surface area (TPSA) is 97.7 Å². The van der Waals surface area contributed by atoms with Crippen LogP contribution in [-0.4, -0.2) is 35.2 Å². The van der Waals surface area contributed by atoms with Gasteiger partial charge in [-0.05, 0) is 27.2 Å². The number of carboxylic acid groups (broad SMARTS) is 1. The molecule has 0 fully saturated rings. The minimum atomic E-state index is -2.04. The molecular formula is C12H18O6. The molecule has 0 aromatic carbocycles. The highest BCUT2D eigenvalue weighted by atomic mass is 16.5. The number of rotatable bonds is 7. The maximum absolute atomic E-state index is 11.7. The van der Waals surface area contributed by atoms with Crippen LogP contribution in [0.2, 0.25) is 0 Å². The molecule has 6 nitrogen and oxygen atoms in total. The van der Waals surface area contributed by atoms with Crippen LogP contribution in [0.5, 0.6) is 0 Å². The lowest BCUT2D eigenvalue weighted by Crippen LogP contribution is -2.50. The van der Waals surface area contributed by atoms with Crippen molar-refractivity contribution >= 4 is 23.5 Å². The molecule has 0 saturated carbocycles. The number of carbonyl (C=O) groups excluding carboxylic acids is 3. The Morgan fingerprint density at radius 1 is 1.17 bits per heavy atom. The van der Waals surface area contributed by atoms with Crippen molar-refractivity contribution in [2.24, 2.45) is 11.3 Å². The number of Topliss-reactive ketones (excluding diaryl/α,β-unsaturated/α-hetero) is 2. The van der Waals surface area contributed by atoms with Crippen LogP contribution in [0.3, 0.4) is 0 Å². The van der Waals surface area contributed by atoms with Crippen LogP contribution < -0.4 is 0 Å². The van der Waals surface area contributed by atoms with Crippen LogP contribution >= 0.6 is 0 Å². The van der Waals surface area contributed by atoms with Gasteiger partial charge in [0.05, 0.1) is 6.61 Å². The van der Waals surface area contributed by atoms with Gasteiger partial charge in [0.15, 0.2) is 0 Å². The third-order valence-electron chi connectivity index (χ3n) is 2.99. The van der Waals surface area contributed by atoms with E-state index in [1.165, 1.54) is 13.8 Å². The molecule has 18 heavy (non-hydrogen) atoms. The first-order chi connectivity index (χ1) is 8.25. The molecule has 0 amide bonds. The normalized spacial score (nSPS) is 15.3. The van der Waals surface area contributed by atoms with Crippen molar-refractivity contribution in [3.8, 4) is 0 Å². The Morgan fingerprint density at radius 3 is 1.89 bits per heavy atom. The third kappa shape index (κ3) is 2.75. The lowest BCUT2D eigenvalue weighted by atomic mass is 9.69. The Hall–Kier alpha value is -1.72. The SMILES string of the molecule is CCOC(=O)C(C(C)=O)C(CC)(C(C)=O)C(=O)O. The number of hydrogen-bond donors (Lipinski definition) is 1. The molecular weight excluding hydrogens is 240 g/mol. The summed E-state index contributed by atoms with van der Waals surface area (Å²) in [7, 11) is 0. The number of esters is 1. The Bertz CT molecular complexity index is 357. The highest BCUT2D eigenvalue weighted by molar-refractivity contribution is 6.13. The lowest BCUT2D eigenvalue weighted by molar-refractivity contribution is -0.172. The molecule has 0 rings (SSSR count). The van der Waals surface area contributed by atoms with Crippen molar-refractivity contribution in [3.63, 3.8) is 0 Å². The molecule has 6 heteroatoms. The predicted molar refractivity (Wildman–Crippen MR) is 61.8 cm³/mol. The van der Waals surface area contributed by atoms with Gasteiger partial charge in [0.25, 0.3) is 0 Å². The summed E-state index contributed by atoms with van der Waals surface area (Å²) in [6.45, 7) is 5.15. The highest BCUT2D eigenvalue weighted by Crippen LogP contribution is 2.35. The molecule has 0 radical (unpaired) electrons. The van der Waals surface area contributed by atoms with E-state index in [1.807, 2.05) is 0 Å². The van der Waals surface area contributed by atoms with E-state index in [1.54, 1.807) is 0 Å². The monoisotopic (exact) mass is 258 g/mol. The summed E-state index contributed by atoms with van der Waals surface area (Å²) in [5.41, 5.74) is -2.04. The van der Waals surface area contributed by atoms with Crippen molar-refractivity contribution in [3.05, 3.63) is 0 Å². The van der Waals surface area contributed by atoms with E-state index in [-0.39, 0.29) is 13.0 Å². The summed E-state index contributed by atoms with van der Waals surface area (Å²) in [6, 6.07) is 0. The number of carbonyl (C=O) groups is 4. The fourth-order valence-electron chi connectivity index (χ4n) is 2.02. The average molecular weight is 258 g/mol. The largest absolute Gasteiger partial charge is 0.480 e. The molecule has 0 aliphatic carbocycles. The van der Waals surface area contributed by atoms with Crippen LogP contribution in [0.25, 0.3) is 0 Å². The van der Waals surface area contributed by atoms with Crippen molar-refractivity contribution in [1.29, 1.82) is 0 Å². The summed E-state index contributed by atoms with van der Waals surface area (Å²) in [5.74, 6) is -5.47.